The van der Waals surface area contributed by atoms with Crippen LogP contribution in [0.5, 0.6) is 0 Å². The fraction of sp³-hybridized carbons (Fsp3) is 0.125. The summed E-state index contributed by atoms with van der Waals surface area (Å²) in [5, 5.41) is 1.26. The highest BCUT2D eigenvalue weighted by molar-refractivity contribution is 5.99. The van der Waals surface area contributed by atoms with Gasteiger partial charge in [0.15, 0.2) is 5.58 Å². The Hall–Kier alpha value is -3.33. The molecule has 0 N–H and O–H groups in total. The zero-order valence-electron chi connectivity index (χ0n) is 15.2. The van der Waals surface area contributed by atoms with Crippen LogP contribution >= 0.6 is 0 Å². The molecule has 2 heterocycles. The summed E-state index contributed by atoms with van der Waals surface area (Å²) in [4.78, 5) is 4.80. The summed E-state index contributed by atoms with van der Waals surface area (Å²) >= 11 is 0. The first kappa shape index (κ1) is 14.8. The molecule has 3 nitrogen and oxygen atoms in total. The maximum absolute atomic E-state index is 6.18. The van der Waals surface area contributed by atoms with E-state index >= 15 is 0 Å². The van der Waals surface area contributed by atoms with Crippen molar-refractivity contribution in [3.8, 4) is 17.3 Å². The van der Waals surface area contributed by atoms with Crippen LogP contribution in [0.3, 0.4) is 0 Å². The zero-order valence-corrected chi connectivity index (χ0v) is 15.2. The number of aromatic nitrogens is 2. The van der Waals surface area contributed by atoms with E-state index in [0.717, 1.165) is 16.6 Å². The van der Waals surface area contributed by atoms with Crippen molar-refractivity contribution < 1.29 is 4.42 Å². The van der Waals surface area contributed by atoms with Gasteiger partial charge in [0, 0.05) is 16.4 Å². The van der Waals surface area contributed by atoms with Gasteiger partial charge in [-0.2, -0.15) is 4.98 Å². The van der Waals surface area contributed by atoms with Crippen LogP contribution in [0.15, 0.2) is 77.2 Å². The molecule has 3 aromatic carbocycles. The van der Waals surface area contributed by atoms with Gasteiger partial charge in [0.2, 0.25) is 0 Å². The summed E-state index contributed by atoms with van der Waals surface area (Å²) in [5.41, 5.74) is 7.92. The van der Waals surface area contributed by atoms with Gasteiger partial charge >= 0.3 is 6.01 Å². The largest absolute Gasteiger partial charge is 0.423 e. The quantitative estimate of drug-likeness (QED) is 0.367. The minimum Gasteiger partial charge on any atom is -0.423 e. The normalized spacial score (nSPS) is 14.6. The third-order valence-electron chi connectivity index (χ3n) is 5.83. The van der Waals surface area contributed by atoms with Crippen molar-refractivity contribution in [3.63, 3.8) is 0 Å². The fourth-order valence-corrected chi connectivity index (χ4v) is 4.65. The van der Waals surface area contributed by atoms with Crippen LogP contribution in [0.2, 0.25) is 0 Å². The molecule has 0 aliphatic heterocycles. The highest BCUT2D eigenvalue weighted by Crippen LogP contribution is 2.53. The van der Waals surface area contributed by atoms with Gasteiger partial charge in [-0.1, -0.05) is 68.4 Å². The molecule has 0 saturated heterocycles. The summed E-state index contributed by atoms with van der Waals surface area (Å²) in [6.45, 7) is 4.61. The van der Waals surface area contributed by atoms with Crippen molar-refractivity contribution in [2.75, 3.05) is 0 Å². The molecule has 130 valence electrons. The van der Waals surface area contributed by atoms with Gasteiger partial charge < -0.3 is 4.42 Å². The average Bonchev–Trinajstić information content (AvgIpc) is 3.32. The van der Waals surface area contributed by atoms with E-state index in [1.54, 1.807) is 0 Å². The van der Waals surface area contributed by atoms with Gasteiger partial charge in [0.1, 0.15) is 5.52 Å². The lowest BCUT2D eigenvalue weighted by molar-refractivity contribution is 0.571. The van der Waals surface area contributed by atoms with E-state index in [9.17, 15) is 0 Å². The molecule has 1 aliphatic carbocycles. The lowest BCUT2D eigenvalue weighted by atomic mass is 9.81. The maximum atomic E-state index is 6.18. The number of fused-ring (bicyclic) bond motifs is 6. The third-order valence-corrected chi connectivity index (χ3v) is 5.83. The molecule has 0 bridgehead atoms. The van der Waals surface area contributed by atoms with Gasteiger partial charge in [-0.25, -0.2) is 0 Å². The van der Waals surface area contributed by atoms with Gasteiger partial charge in [-0.3, -0.25) is 4.57 Å². The first-order valence-electron chi connectivity index (χ1n) is 9.26. The van der Waals surface area contributed by atoms with Gasteiger partial charge in [-0.15, -0.1) is 0 Å². The molecule has 3 heteroatoms. The molecule has 0 unspecified atom stereocenters. The van der Waals surface area contributed by atoms with Crippen molar-refractivity contribution in [1.29, 1.82) is 0 Å². The average molecular weight is 350 g/mol. The number of hydrogen-bond donors (Lipinski definition) is 0. The van der Waals surface area contributed by atoms with Crippen LogP contribution in [0.4, 0.5) is 0 Å². The van der Waals surface area contributed by atoms with Crippen molar-refractivity contribution in [2.45, 2.75) is 19.3 Å². The minimum absolute atomic E-state index is 0.0667. The lowest BCUT2D eigenvalue weighted by Gasteiger charge is -2.21. The molecule has 0 fully saturated rings. The molecule has 27 heavy (non-hydrogen) atoms. The molecule has 5 aromatic rings. The summed E-state index contributed by atoms with van der Waals surface area (Å²) in [7, 11) is 0. The number of rotatable bonds is 1. The second kappa shape index (κ2) is 4.89. The van der Waals surface area contributed by atoms with Crippen molar-refractivity contribution in [2.24, 2.45) is 0 Å². The Morgan fingerprint density at radius 2 is 1.59 bits per heavy atom. The van der Waals surface area contributed by atoms with Crippen LogP contribution in [-0.2, 0) is 5.41 Å². The SMILES string of the molecule is CC1(C)c2ccccc2-c2c1c1ccccc1n2-c1nc2ccccc2o1. The second-order valence-corrected chi connectivity index (χ2v) is 7.71. The summed E-state index contributed by atoms with van der Waals surface area (Å²) in [6.07, 6.45) is 0. The van der Waals surface area contributed by atoms with Crippen molar-refractivity contribution in [1.82, 2.24) is 9.55 Å². The van der Waals surface area contributed by atoms with Crippen molar-refractivity contribution in [3.05, 3.63) is 83.9 Å². The van der Waals surface area contributed by atoms with E-state index in [0.29, 0.717) is 6.01 Å². The minimum atomic E-state index is -0.0667. The van der Waals surface area contributed by atoms with E-state index < -0.39 is 0 Å². The van der Waals surface area contributed by atoms with Crippen LogP contribution in [0.1, 0.15) is 25.0 Å². The molecular weight excluding hydrogens is 332 g/mol. The molecular formula is C24H18N2O. The Labute approximate surface area is 156 Å². The Morgan fingerprint density at radius 3 is 2.48 bits per heavy atom. The Bertz CT molecular complexity index is 1320. The van der Waals surface area contributed by atoms with E-state index in [4.69, 9.17) is 9.40 Å². The highest BCUT2D eigenvalue weighted by atomic mass is 16.4. The first-order chi connectivity index (χ1) is 13.2. The molecule has 0 radical (unpaired) electrons. The van der Waals surface area contributed by atoms with Crippen LogP contribution < -0.4 is 0 Å². The number of hydrogen-bond acceptors (Lipinski definition) is 2. The Balaban J connectivity index is 1.80. The lowest BCUT2D eigenvalue weighted by Crippen LogP contribution is -2.14. The van der Waals surface area contributed by atoms with E-state index in [1.165, 1.54) is 27.8 Å². The number of para-hydroxylation sites is 3. The summed E-state index contributed by atoms with van der Waals surface area (Å²) in [6, 6.07) is 25.8. The number of benzene rings is 3. The van der Waals surface area contributed by atoms with Gasteiger partial charge in [0.25, 0.3) is 0 Å². The monoisotopic (exact) mass is 350 g/mol. The Kier molecular flexibility index (Phi) is 2.68. The number of oxazole rings is 1. The Morgan fingerprint density at radius 1 is 0.852 bits per heavy atom. The third kappa shape index (κ3) is 1.78. The summed E-state index contributed by atoms with van der Waals surface area (Å²) in [5.74, 6) is 0. The molecule has 0 saturated carbocycles. The summed E-state index contributed by atoms with van der Waals surface area (Å²) < 4.78 is 8.37. The fourth-order valence-electron chi connectivity index (χ4n) is 4.65. The van der Waals surface area contributed by atoms with Crippen LogP contribution in [0.25, 0.3) is 39.3 Å². The maximum Gasteiger partial charge on any atom is 0.307 e. The molecule has 1 aliphatic rings. The predicted octanol–water partition coefficient (Wildman–Crippen LogP) is 6.08. The van der Waals surface area contributed by atoms with Gasteiger partial charge in [0.05, 0.1) is 11.2 Å². The van der Waals surface area contributed by atoms with Gasteiger partial charge in [-0.05, 0) is 29.3 Å². The van der Waals surface area contributed by atoms with Crippen LogP contribution in [-0.4, -0.2) is 9.55 Å². The molecule has 0 amide bonds. The second-order valence-electron chi connectivity index (χ2n) is 7.71. The molecule has 0 atom stereocenters. The van der Waals surface area contributed by atoms with E-state index in [2.05, 4.69) is 66.9 Å². The molecule has 6 rings (SSSR count). The van der Waals surface area contributed by atoms with Crippen molar-refractivity contribution >= 4 is 22.0 Å². The van der Waals surface area contributed by atoms with E-state index in [1.807, 2.05) is 24.3 Å². The standard InChI is InChI=1S/C24H18N2O/c1-24(2)17-11-5-3-9-15(17)22-21(24)16-10-4-7-13-19(16)26(22)23-25-18-12-6-8-14-20(18)27-23/h3-14H,1-2H3. The van der Waals surface area contributed by atoms with Crippen LogP contribution in [0, 0.1) is 0 Å². The van der Waals surface area contributed by atoms with E-state index in [-0.39, 0.29) is 5.41 Å². The molecule has 0 spiro atoms. The smallest absolute Gasteiger partial charge is 0.307 e. The zero-order chi connectivity index (χ0) is 18.2. The first-order valence-corrected chi connectivity index (χ1v) is 9.26. The molecule has 2 aromatic heterocycles. The topological polar surface area (TPSA) is 31.0 Å². The highest BCUT2D eigenvalue weighted by Gasteiger charge is 2.40. The number of nitrogens with zero attached hydrogens (tertiary/aromatic N) is 2. The predicted molar refractivity (Wildman–Crippen MR) is 108 cm³/mol.